The second-order valence-corrected chi connectivity index (χ2v) is 4.76. The molecular weight excluding hydrogens is 208 g/mol. The smallest absolute Gasteiger partial charge is 0.122 e. The number of ether oxygens (including phenoxy) is 1. The molecule has 0 radical (unpaired) electrons. The molecule has 0 heterocycles. The highest BCUT2D eigenvalue weighted by Gasteiger charge is 2.29. The molecule has 0 spiro atoms. The van der Waals surface area contributed by atoms with Crippen LogP contribution in [0, 0.1) is 5.92 Å². The zero-order valence-corrected chi connectivity index (χ0v) is 9.83. The lowest BCUT2D eigenvalue weighted by atomic mass is 10.1. The first-order valence-electron chi connectivity index (χ1n) is 5.57. The maximum absolute atomic E-state index is 6.28. The molecule has 1 aromatic rings. The van der Waals surface area contributed by atoms with E-state index in [0.717, 1.165) is 24.5 Å². The minimum atomic E-state index is 0.356. The molecule has 1 aliphatic rings. The summed E-state index contributed by atoms with van der Waals surface area (Å²) < 4.78 is 5.31. The number of rotatable bonds is 5. The minimum Gasteiger partial charge on any atom is -0.496 e. The van der Waals surface area contributed by atoms with E-state index >= 15 is 0 Å². The van der Waals surface area contributed by atoms with Crippen molar-refractivity contribution in [3.8, 4) is 5.75 Å². The third-order valence-electron chi connectivity index (χ3n) is 3.02. The molecule has 1 saturated carbocycles. The predicted molar refractivity (Wildman–Crippen MR) is 63.7 cm³/mol. The van der Waals surface area contributed by atoms with E-state index in [-0.39, 0.29) is 0 Å². The Morgan fingerprint density at radius 2 is 2.13 bits per heavy atom. The predicted octanol–water partition coefficient (Wildman–Crippen LogP) is 3.65. The van der Waals surface area contributed by atoms with Gasteiger partial charge in [-0.1, -0.05) is 18.2 Å². The molecule has 1 aliphatic carbocycles. The van der Waals surface area contributed by atoms with Gasteiger partial charge in [0.25, 0.3) is 0 Å². The number of para-hydroxylation sites is 1. The van der Waals surface area contributed by atoms with E-state index in [1.807, 2.05) is 12.1 Å². The Hall–Kier alpha value is -0.690. The van der Waals surface area contributed by atoms with E-state index in [2.05, 4.69) is 12.1 Å². The zero-order valence-electron chi connectivity index (χ0n) is 9.08. The van der Waals surface area contributed by atoms with Gasteiger partial charge in [-0.05, 0) is 43.2 Å². The minimum absolute atomic E-state index is 0.356. The molecule has 0 amide bonds. The van der Waals surface area contributed by atoms with Crippen LogP contribution >= 0.6 is 11.6 Å². The number of hydrogen-bond donors (Lipinski definition) is 0. The SMILES string of the molecule is COc1ccccc1CCC(Cl)C1CC1. The quantitative estimate of drug-likeness (QED) is 0.694. The average molecular weight is 225 g/mol. The van der Waals surface area contributed by atoms with Crippen molar-refractivity contribution in [1.29, 1.82) is 0 Å². The molecule has 82 valence electrons. The molecule has 1 unspecified atom stereocenters. The molecule has 1 fully saturated rings. The van der Waals surface area contributed by atoms with Gasteiger partial charge >= 0.3 is 0 Å². The van der Waals surface area contributed by atoms with Crippen molar-refractivity contribution in [2.24, 2.45) is 5.92 Å². The second-order valence-electron chi connectivity index (χ2n) is 4.20. The van der Waals surface area contributed by atoms with Crippen LogP contribution in [0.3, 0.4) is 0 Å². The van der Waals surface area contributed by atoms with E-state index in [9.17, 15) is 0 Å². The Kier molecular flexibility index (Phi) is 3.53. The van der Waals surface area contributed by atoms with Crippen LogP contribution in [-0.4, -0.2) is 12.5 Å². The van der Waals surface area contributed by atoms with Crippen LogP contribution in [0.4, 0.5) is 0 Å². The fraction of sp³-hybridized carbons (Fsp3) is 0.538. The van der Waals surface area contributed by atoms with Gasteiger partial charge in [-0.3, -0.25) is 0 Å². The highest BCUT2D eigenvalue weighted by molar-refractivity contribution is 6.20. The Morgan fingerprint density at radius 3 is 2.80 bits per heavy atom. The van der Waals surface area contributed by atoms with Gasteiger partial charge in [-0.25, -0.2) is 0 Å². The number of aryl methyl sites for hydroxylation is 1. The van der Waals surface area contributed by atoms with Crippen LogP contribution in [-0.2, 0) is 6.42 Å². The van der Waals surface area contributed by atoms with Crippen LogP contribution in [0.2, 0.25) is 0 Å². The maximum atomic E-state index is 6.28. The van der Waals surface area contributed by atoms with Crippen molar-refractivity contribution < 1.29 is 4.74 Å². The molecule has 0 N–H and O–H groups in total. The summed E-state index contributed by atoms with van der Waals surface area (Å²) in [5, 5.41) is 0.356. The lowest BCUT2D eigenvalue weighted by Crippen LogP contribution is -2.03. The van der Waals surface area contributed by atoms with Gasteiger partial charge in [0.05, 0.1) is 7.11 Å². The first-order valence-corrected chi connectivity index (χ1v) is 6.01. The van der Waals surface area contributed by atoms with Gasteiger partial charge in [-0.2, -0.15) is 0 Å². The monoisotopic (exact) mass is 224 g/mol. The second kappa shape index (κ2) is 4.89. The van der Waals surface area contributed by atoms with Crippen LogP contribution in [0.5, 0.6) is 5.75 Å². The van der Waals surface area contributed by atoms with Crippen LogP contribution in [0.15, 0.2) is 24.3 Å². The summed E-state index contributed by atoms with van der Waals surface area (Å²) in [5.41, 5.74) is 1.27. The molecule has 0 saturated heterocycles. The Morgan fingerprint density at radius 1 is 1.40 bits per heavy atom. The molecule has 0 aliphatic heterocycles. The third-order valence-corrected chi connectivity index (χ3v) is 3.59. The molecular formula is C13H17ClO. The highest BCUT2D eigenvalue weighted by Crippen LogP contribution is 2.38. The van der Waals surface area contributed by atoms with Crippen LogP contribution in [0.1, 0.15) is 24.8 Å². The van der Waals surface area contributed by atoms with Crippen LogP contribution < -0.4 is 4.74 Å². The van der Waals surface area contributed by atoms with Gasteiger partial charge in [-0.15, -0.1) is 11.6 Å². The van der Waals surface area contributed by atoms with E-state index in [0.29, 0.717) is 5.38 Å². The number of alkyl halides is 1. The summed E-state index contributed by atoms with van der Waals surface area (Å²) in [4.78, 5) is 0. The van der Waals surface area contributed by atoms with Gasteiger partial charge in [0.2, 0.25) is 0 Å². The normalized spacial score (nSPS) is 17.5. The molecule has 2 rings (SSSR count). The summed E-state index contributed by atoms with van der Waals surface area (Å²) in [5.74, 6) is 1.76. The summed E-state index contributed by atoms with van der Waals surface area (Å²) in [7, 11) is 1.72. The number of benzene rings is 1. The van der Waals surface area contributed by atoms with Crippen molar-refractivity contribution in [3.63, 3.8) is 0 Å². The van der Waals surface area contributed by atoms with Crippen molar-refractivity contribution in [3.05, 3.63) is 29.8 Å². The van der Waals surface area contributed by atoms with Crippen molar-refractivity contribution in [2.75, 3.05) is 7.11 Å². The van der Waals surface area contributed by atoms with Gasteiger partial charge in [0, 0.05) is 5.38 Å². The van der Waals surface area contributed by atoms with E-state index < -0.39 is 0 Å². The van der Waals surface area contributed by atoms with E-state index in [4.69, 9.17) is 16.3 Å². The molecule has 1 aromatic carbocycles. The fourth-order valence-electron chi connectivity index (χ4n) is 1.90. The summed E-state index contributed by atoms with van der Waals surface area (Å²) in [6.45, 7) is 0. The van der Waals surface area contributed by atoms with E-state index in [1.54, 1.807) is 7.11 Å². The average Bonchev–Trinajstić information content (AvgIpc) is 3.10. The Labute approximate surface area is 96.4 Å². The van der Waals surface area contributed by atoms with Crippen molar-refractivity contribution >= 4 is 11.6 Å². The van der Waals surface area contributed by atoms with E-state index in [1.165, 1.54) is 18.4 Å². The first kappa shape index (κ1) is 10.8. The molecule has 0 aromatic heterocycles. The summed E-state index contributed by atoms with van der Waals surface area (Å²) >= 11 is 6.28. The maximum Gasteiger partial charge on any atom is 0.122 e. The highest BCUT2D eigenvalue weighted by atomic mass is 35.5. The van der Waals surface area contributed by atoms with Crippen molar-refractivity contribution in [2.45, 2.75) is 31.1 Å². The number of hydrogen-bond acceptors (Lipinski definition) is 1. The summed E-state index contributed by atoms with van der Waals surface area (Å²) in [6.07, 6.45) is 4.72. The Bertz CT molecular complexity index is 320. The fourth-order valence-corrected chi connectivity index (χ4v) is 2.26. The topological polar surface area (TPSA) is 9.23 Å². The van der Waals surface area contributed by atoms with Gasteiger partial charge < -0.3 is 4.74 Å². The van der Waals surface area contributed by atoms with Crippen molar-refractivity contribution in [1.82, 2.24) is 0 Å². The number of methoxy groups -OCH3 is 1. The van der Waals surface area contributed by atoms with Crippen LogP contribution in [0.25, 0.3) is 0 Å². The third kappa shape index (κ3) is 2.88. The lowest BCUT2D eigenvalue weighted by Gasteiger charge is -2.10. The molecule has 15 heavy (non-hydrogen) atoms. The molecule has 0 bridgehead atoms. The number of halogens is 1. The van der Waals surface area contributed by atoms with Gasteiger partial charge in [0.15, 0.2) is 0 Å². The first-order chi connectivity index (χ1) is 7.31. The summed E-state index contributed by atoms with van der Waals surface area (Å²) in [6, 6.07) is 8.19. The van der Waals surface area contributed by atoms with Gasteiger partial charge in [0.1, 0.15) is 5.75 Å². The molecule has 2 heteroatoms. The lowest BCUT2D eigenvalue weighted by molar-refractivity contribution is 0.408. The standard InChI is InChI=1S/C13H17ClO/c1-15-13-5-3-2-4-11(13)8-9-12(14)10-6-7-10/h2-5,10,12H,6-9H2,1H3. The Balaban J connectivity index is 1.91. The molecule has 1 nitrogen and oxygen atoms in total. The zero-order chi connectivity index (χ0) is 10.7. The molecule has 1 atom stereocenters. The largest absolute Gasteiger partial charge is 0.496 e.